The Balaban J connectivity index is 1.40. The summed E-state index contributed by atoms with van der Waals surface area (Å²) in [5.74, 6) is 6.06. The fourth-order valence-corrected chi connectivity index (χ4v) is 5.76. The summed E-state index contributed by atoms with van der Waals surface area (Å²) in [4.78, 5) is 55.7. The van der Waals surface area contributed by atoms with E-state index >= 15 is 0 Å². The maximum absolute atomic E-state index is 14.1. The van der Waals surface area contributed by atoms with Gasteiger partial charge in [0.25, 0.3) is 5.91 Å². The molecule has 0 bridgehead atoms. The quantitative estimate of drug-likeness (QED) is 0.324. The highest BCUT2D eigenvalue weighted by molar-refractivity contribution is 6.03. The van der Waals surface area contributed by atoms with Crippen molar-refractivity contribution >= 4 is 34.9 Å². The van der Waals surface area contributed by atoms with Crippen molar-refractivity contribution in [1.82, 2.24) is 29.9 Å². The average molecular weight is 591 g/mol. The molecule has 228 valence electrons. The number of nitrogens with one attached hydrogen (secondary N) is 1. The number of fused-ring (bicyclic) bond motifs is 2. The van der Waals surface area contributed by atoms with E-state index in [1.807, 2.05) is 48.8 Å². The van der Waals surface area contributed by atoms with Crippen LogP contribution in [0, 0.1) is 24.0 Å². The van der Waals surface area contributed by atoms with Crippen molar-refractivity contribution in [3.05, 3.63) is 41.0 Å². The van der Waals surface area contributed by atoms with Crippen molar-refractivity contribution in [2.75, 3.05) is 26.7 Å². The maximum atomic E-state index is 14.1. The molecule has 4 heterocycles. The van der Waals surface area contributed by atoms with Gasteiger partial charge in [0, 0.05) is 26.2 Å². The Morgan fingerprint density at radius 3 is 2.72 bits per heavy atom. The third-order valence-electron chi connectivity index (χ3n) is 7.80. The number of para-hydroxylation sites is 1. The number of hydrogen-bond acceptors (Lipinski definition) is 9. The summed E-state index contributed by atoms with van der Waals surface area (Å²) in [7, 11) is 1.60. The minimum Gasteiger partial charge on any atom is -0.710 e. The topological polar surface area (TPSA) is 138 Å². The molecule has 1 N–H and O–H groups in total. The summed E-state index contributed by atoms with van der Waals surface area (Å²) in [5, 5.41) is 16.8. The molecule has 0 aliphatic carbocycles. The number of nitrogens with zero attached hydrogens (tertiary/aromatic N) is 7. The van der Waals surface area contributed by atoms with Gasteiger partial charge in [-0.25, -0.2) is 24.2 Å². The fraction of sp³-hybridized carbons (Fsp3) is 0.533. The Hall–Kier alpha value is -4.60. The van der Waals surface area contributed by atoms with Gasteiger partial charge in [0.05, 0.1) is 11.9 Å². The first-order valence-electron chi connectivity index (χ1n) is 14.4. The van der Waals surface area contributed by atoms with Crippen LogP contribution in [0.2, 0.25) is 0 Å². The molecule has 13 heteroatoms. The molecule has 43 heavy (non-hydrogen) atoms. The van der Waals surface area contributed by atoms with Crippen LogP contribution in [-0.2, 0) is 16.1 Å². The predicted molar refractivity (Wildman–Crippen MR) is 158 cm³/mol. The zero-order valence-electron chi connectivity index (χ0n) is 25.5. The summed E-state index contributed by atoms with van der Waals surface area (Å²) in [6, 6.07) is 5.67. The van der Waals surface area contributed by atoms with Crippen LogP contribution in [0.25, 0.3) is 10.9 Å². The number of likely N-dealkylation sites (N-methyl/N-ethyl adjacent to an activating group) is 1. The van der Waals surface area contributed by atoms with Crippen LogP contribution in [0.5, 0.6) is 0 Å². The lowest BCUT2D eigenvalue weighted by molar-refractivity contribution is -0.623. The number of carbonyl (C=O) groups excluding carboxylic acids is 3. The Bertz CT molecular complexity index is 1540. The number of hydrogen-bond donors (Lipinski definition) is 1. The smallest absolute Gasteiger partial charge is 0.407 e. The van der Waals surface area contributed by atoms with Crippen LogP contribution in [-0.4, -0.2) is 99.1 Å². The van der Waals surface area contributed by atoms with E-state index < -0.39 is 35.8 Å². The molecule has 13 nitrogen and oxygen atoms in total. The predicted octanol–water partition coefficient (Wildman–Crippen LogP) is 1.95. The first-order valence-corrected chi connectivity index (χ1v) is 14.4. The molecular formula is C30H38N8O5. The van der Waals surface area contributed by atoms with Crippen molar-refractivity contribution in [2.24, 2.45) is 4.99 Å². The van der Waals surface area contributed by atoms with E-state index in [1.165, 1.54) is 4.90 Å². The van der Waals surface area contributed by atoms with E-state index in [4.69, 9.17) is 9.73 Å². The van der Waals surface area contributed by atoms with E-state index in [0.29, 0.717) is 40.4 Å². The molecule has 0 saturated carbocycles. The van der Waals surface area contributed by atoms with Crippen molar-refractivity contribution in [1.29, 1.82) is 0 Å². The second-order valence-corrected chi connectivity index (χ2v) is 12.0. The molecule has 0 spiro atoms. The zero-order chi connectivity index (χ0) is 31.1. The highest BCUT2D eigenvalue weighted by Crippen LogP contribution is 2.30. The van der Waals surface area contributed by atoms with Crippen LogP contribution >= 0.6 is 0 Å². The van der Waals surface area contributed by atoms with Crippen molar-refractivity contribution < 1.29 is 23.9 Å². The minimum absolute atomic E-state index is 0.0517. The molecule has 5 rings (SSSR count). The van der Waals surface area contributed by atoms with Gasteiger partial charge in [0.2, 0.25) is 5.96 Å². The van der Waals surface area contributed by atoms with Crippen molar-refractivity contribution in [3.63, 3.8) is 0 Å². The second-order valence-electron chi connectivity index (χ2n) is 12.0. The van der Waals surface area contributed by atoms with Gasteiger partial charge in [-0.2, -0.15) is 0 Å². The number of aliphatic imine (C=N–C) groups is 1. The van der Waals surface area contributed by atoms with Gasteiger partial charge in [0.15, 0.2) is 17.7 Å². The molecule has 1 aromatic heterocycles. The molecule has 2 fully saturated rings. The monoisotopic (exact) mass is 590 g/mol. The van der Waals surface area contributed by atoms with Gasteiger partial charge < -0.3 is 30.0 Å². The third-order valence-corrected chi connectivity index (χ3v) is 7.80. The second kappa shape index (κ2) is 11.6. The summed E-state index contributed by atoms with van der Waals surface area (Å²) in [5.41, 5.74) is 0.431. The molecule has 3 aliphatic heterocycles. The number of likely N-dealkylation sites (tertiary alicyclic amines) is 1. The lowest BCUT2D eigenvalue weighted by Gasteiger charge is -2.42. The number of alkyl carbamates (subject to hydrolysis) is 1. The number of imide groups is 1. The number of benzene rings is 1. The van der Waals surface area contributed by atoms with Crippen LogP contribution in [0.15, 0.2) is 29.3 Å². The van der Waals surface area contributed by atoms with Gasteiger partial charge in [-0.1, -0.05) is 18.1 Å². The molecule has 2 unspecified atom stereocenters. The number of ether oxygens (including phenoxy) is 1. The van der Waals surface area contributed by atoms with Gasteiger partial charge in [-0.15, -0.1) is 5.92 Å². The van der Waals surface area contributed by atoms with E-state index in [-0.39, 0.29) is 25.0 Å². The van der Waals surface area contributed by atoms with Gasteiger partial charge in [0.1, 0.15) is 17.8 Å². The summed E-state index contributed by atoms with van der Waals surface area (Å²) in [6.45, 7) is 9.90. The van der Waals surface area contributed by atoms with Crippen molar-refractivity contribution in [2.45, 2.75) is 77.9 Å². The first kappa shape index (κ1) is 29.9. The SMILES string of the molecule is CC#CCN1C(N2CCC[C@@H](NC(=O)OC(C)(C)C)C2)=NC2C1C(=O)N(Cc1nc3ccccc3c(C)[n+]1[O-])C(=O)N2C. The number of aromatic nitrogens is 2. The van der Waals surface area contributed by atoms with Crippen LogP contribution in [0.3, 0.4) is 0 Å². The number of carbonyl (C=O) groups is 3. The molecule has 3 atom stereocenters. The van der Waals surface area contributed by atoms with Crippen LogP contribution < -0.4 is 10.0 Å². The first-order chi connectivity index (χ1) is 20.4. The Kier molecular flexibility index (Phi) is 8.05. The molecule has 0 radical (unpaired) electrons. The van der Waals surface area contributed by atoms with E-state index in [2.05, 4.69) is 22.1 Å². The zero-order valence-corrected chi connectivity index (χ0v) is 25.5. The summed E-state index contributed by atoms with van der Waals surface area (Å²) < 4.78 is 6.12. The van der Waals surface area contributed by atoms with E-state index in [9.17, 15) is 19.6 Å². The number of aryl methyl sites for hydroxylation is 1. The number of piperidine rings is 1. The van der Waals surface area contributed by atoms with Gasteiger partial charge in [-0.05, 0) is 64.6 Å². The third kappa shape index (κ3) is 5.86. The summed E-state index contributed by atoms with van der Waals surface area (Å²) in [6.07, 6.45) is 0.297. The molecular weight excluding hydrogens is 552 g/mol. The van der Waals surface area contributed by atoms with E-state index in [0.717, 1.165) is 17.7 Å². The molecule has 2 aromatic rings. The van der Waals surface area contributed by atoms with E-state index in [1.54, 1.807) is 27.0 Å². The average Bonchev–Trinajstić information content (AvgIpc) is 3.34. The van der Waals surface area contributed by atoms with Gasteiger partial charge in [-0.3, -0.25) is 4.79 Å². The highest BCUT2D eigenvalue weighted by Gasteiger charge is 2.53. The molecule has 3 aliphatic rings. The lowest BCUT2D eigenvalue weighted by atomic mass is 10.1. The van der Waals surface area contributed by atoms with Gasteiger partial charge >= 0.3 is 17.9 Å². The minimum atomic E-state index is -0.834. The maximum Gasteiger partial charge on any atom is 0.407 e. The number of rotatable bonds is 4. The summed E-state index contributed by atoms with van der Waals surface area (Å²) >= 11 is 0. The lowest BCUT2D eigenvalue weighted by Crippen LogP contribution is -2.66. The standard InChI is InChI=1S/C30H38N8O5/c1-7-8-16-36-24-25(33-27(36)35-15-11-12-20(17-35)31-28(40)43-30(3,4)5)34(6)29(41)37(26(24)39)18-23-32-22-14-10-9-13-21(22)19(2)38(23)42/h9-10,13-14,20,24-25H,11-12,15-18H2,1-6H3,(H,31,40)/t20-,24?,25?/m1/s1. The number of guanidine groups is 1. The Morgan fingerprint density at radius 1 is 1.26 bits per heavy atom. The molecule has 4 amide bonds. The molecule has 2 saturated heterocycles. The number of amides is 4. The van der Waals surface area contributed by atoms with Crippen molar-refractivity contribution in [3.8, 4) is 11.8 Å². The van der Waals surface area contributed by atoms with Crippen LogP contribution in [0.1, 0.15) is 52.1 Å². The van der Waals surface area contributed by atoms with Crippen LogP contribution in [0.4, 0.5) is 9.59 Å². The number of urea groups is 1. The largest absolute Gasteiger partial charge is 0.710 e. The Morgan fingerprint density at radius 2 is 2.00 bits per heavy atom. The Labute approximate surface area is 251 Å². The normalized spacial score (nSPS) is 22.3. The highest BCUT2D eigenvalue weighted by atomic mass is 16.6. The molecule has 1 aromatic carbocycles. The fourth-order valence-electron chi connectivity index (χ4n) is 5.76.